The minimum absolute atomic E-state index is 0.452. The van der Waals surface area contributed by atoms with Crippen molar-refractivity contribution in [3.63, 3.8) is 0 Å². The Bertz CT molecular complexity index is 516. The summed E-state index contributed by atoms with van der Waals surface area (Å²) >= 11 is 11.8. The van der Waals surface area contributed by atoms with E-state index in [4.69, 9.17) is 28.9 Å². The van der Waals surface area contributed by atoms with Gasteiger partial charge in [-0.1, -0.05) is 23.2 Å². The molecule has 0 spiro atoms. The molecule has 0 unspecified atom stereocenters. The van der Waals surface area contributed by atoms with Gasteiger partial charge in [-0.3, -0.25) is 0 Å². The maximum absolute atomic E-state index is 6.00. The average molecular weight is 255 g/mol. The maximum atomic E-state index is 6.00. The summed E-state index contributed by atoms with van der Waals surface area (Å²) in [4.78, 5) is 7.79. The third-order valence-electron chi connectivity index (χ3n) is 1.92. The van der Waals surface area contributed by atoms with Crippen LogP contribution in [0.15, 0.2) is 30.7 Å². The van der Waals surface area contributed by atoms with Crippen molar-refractivity contribution in [1.29, 1.82) is 0 Å². The maximum Gasteiger partial charge on any atom is 0.157 e. The van der Waals surface area contributed by atoms with Gasteiger partial charge in [-0.15, -0.1) is 0 Å². The average Bonchev–Trinajstić information content (AvgIpc) is 2.25. The van der Waals surface area contributed by atoms with Crippen LogP contribution in [-0.4, -0.2) is 9.97 Å². The Morgan fingerprint density at radius 3 is 2.75 bits per heavy atom. The highest BCUT2D eigenvalue weighted by molar-refractivity contribution is 6.36. The number of nitrogens with zero attached hydrogens (tertiary/aromatic N) is 2. The van der Waals surface area contributed by atoms with Crippen LogP contribution in [0.4, 0.5) is 17.2 Å². The molecule has 0 radical (unpaired) electrons. The van der Waals surface area contributed by atoms with E-state index in [0.717, 1.165) is 0 Å². The van der Waals surface area contributed by atoms with E-state index in [1.54, 1.807) is 18.2 Å². The van der Waals surface area contributed by atoms with Crippen molar-refractivity contribution >= 4 is 40.4 Å². The summed E-state index contributed by atoms with van der Waals surface area (Å²) in [5.74, 6) is 0.513. The van der Waals surface area contributed by atoms with Crippen LogP contribution in [0.2, 0.25) is 10.0 Å². The van der Waals surface area contributed by atoms with Gasteiger partial charge in [0.2, 0.25) is 0 Å². The molecule has 16 heavy (non-hydrogen) atoms. The molecule has 0 saturated heterocycles. The second-order valence-electron chi connectivity index (χ2n) is 3.08. The lowest BCUT2D eigenvalue weighted by atomic mass is 10.3. The summed E-state index contributed by atoms with van der Waals surface area (Å²) in [6.45, 7) is 0. The second-order valence-corrected chi connectivity index (χ2v) is 3.92. The molecule has 0 amide bonds. The number of hydrogen-bond donors (Lipinski definition) is 2. The predicted octanol–water partition coefficient (Wildman–Crippen LogP) is 3.11. The van der Waals surface area contributed by atoms with Crippen LogP contribution in [0, 0.1) is 0 Å². The van der Waals surface area contributed by atoms with Crippen molar-refractivity contribution in [1.82, 2.24) is 9.97 Å². The van der Waals surface area contributed by atoms with E-state index in [0.29, 0.717) is 27.2 Å². The van der Waals surface area contributed by atoms with Gasteiger partial charge in [0.25, 0.3) is 0 Å². The molecule has 2 rings (SSSR count). The monoisotopic (exact) mass is 254 g/mol. The minimum Gasteiger partial charge on any atom is -0.394 e. The number of benzene rings is 1. The highest BCUT2D eigenvalue weighted by Crippen LogP contribution is 2.28. The first-order valence-corrected chi connectivity index (χ1v) is 5.20. The first kappa shape index (κ1) is 11.0. The van der Waals surface area contributed by atoms with E-state index in [9.17, 15) is 0 Å². The van der Waals surface area contributed by atoms with Crippen LogP contribution in [0.25, 0.3) is 0 Å². The highest BCUT2D eigenvalue weighted by atomic mass is 35.5. The number of halogens is 2. The van der Waals surface area contributed by atoms with E-state index in [2.05, 4.69) is 15.3 Å². The second kappa shape index (κ2) is 4.55. The van der Waals surface area contributed by atoms with Crippen molar-refractivity contribution in [3.05, 3.63) is 40.8 Å². The molecule has 1 aromatic carbocycles. The minimum atomic E-state index is 0.452. The molecule has 0 bridgehead atoms. The number of aromatic nitrogens is 2. The molecule has 6 heteroatoms. The SMILES string of the molecule is Nc1cncnc1Nc1ccc(Cl)cc1Cl. The lowest BCUT2D eigenvalue weighted by molar-refractivity contribution is 1.17. The fourth-order valence-electron chi connectivity index (χ4n) is 1.16. The Balaban J connectivity index is 2.31. The lowest BCUT2D eigenvalue weighted by Crippen LogP contribution is -1.99. The van der Waals surface area contributed by atoms with Crippen molar-refractivity contribution < 1.29 is 0 Å². The number of anilines is 3. The molecule has 4 nitrogen and oxygen atoms in total. The lowest BCUT2D eigenvalue weighted by Gasteiger charge is -2.09. The molecule has 0 fully saturated rings. The van der Waals surface area contributed by atoms with Gasteiger partial charge in [0.05, 0.1) is 22.6 Å². The van der Waals surface area contributed by atoms with Gasteiger partial charge in [-0.05, 0) is 18.2 Å². The van der Waals surface area contributed by atoms with Crippen molar-refractivity contribution in [2.24, 2.45) is 0 Å². The van der Waals surface area contributed by atoms with E-state index in [1.165, 1.54) is 12.5 Å². The van der Waals surface area contributed by atoms with E-state index < -0.39 is 0 Å². The number of nitrogens with one attached hydrogen (secondary N) is 1. The van der Waals surface area contributed by atoms with Gasteiger partial charge >= 0.3 is 0 Å². The number of rotatable bonds is 2. The molecule has 0 aliphatic rings. The third-order valence-corrected chi connectivity index (χ3v) is 2.47. The van der Waals surface area contributed by atoms with Crippen LogP contribution >= 0.6 is 23.2 Å². The van der Waals surface area contributed by atoms with Crippen LogP contribution in [-0.2, 0) is 0 Å². The molecule has 2 aromatic rings. The molecule has 0 atom stereocenters. The zero-order valence-corrected chi connectivity index (χ0v) is 9.63. The largest absolute Gasteiger partial charge is 0.394 e. The van der Waals surface area contributed by atoms with Crippen molar-refractivity contribution in [3.8, 4) is 0 Å². The molecular weight excluding hydrogens is 247 g/mol. The fourth-order valence-corrected chi connectivity index (χ4v) is 1.62. The van der Waals surface area contributed by atoms with Crippen LogP contribution in [0.5, 0.6) is 0 Å². The summed E-state index contributed by atoms with van der Waals surface area (Å²) in [5, 5.41) is 4.08. The summed E-state index contributed by atoms with van der Waals surface area (Å²) < 4.78 is 0. The smallest absolute Gasteiger partial charge is 0.157 e. The fraction of sp³-hybridized carbons (Fsp3) is 0. The molecule has 0 aliphatic heterocycles. The van der Waals surface area contributed by atoms with Crippen molar-refractivity contribution in [2.45, 2.75) is 0 Å². The van der Waals surface area contributed by atoms with E-state index >= 15 is 0 Å². The Hall–Kier alpha value is -1.52. The molecule has 0 aliphatic carbocycles. The van der Waals surface area contributed by atoms with Gasteiger partial charge in [0.15, 0.2) is 5.82 Å². The zero-order chi connectivity index (χ0) is 11.5. The quantitative estimate of drug-likeness (QED) is 0.865. The Morgan fingerprint density at radius 1 is 1.25 bits per heavy atom. The predicted molar refractivity (Wildman–Crippen MR) is 66.2 cm³/mol. The molecule has 3 N–H and O–H groups in total. The molecule has 1 aromatic heterocycles. The Labute approximate surface area is 102 Å². The van der Waals surface area contributed by atoms with Gasteiger partial charge in [-0.2, -0.15) is 0 Å². The number of nitrogen functional groups attached to an aromatic ring is 1. The highest BCUT2D eigenvalue weighted by Gasteiger charge is 2.04. The number of nitrogens with two attached hydrogens (primary N) is 1. The normalized spacial score (nSPS) is 10.1. The topological polar surface area (TPSA) is 63.8 Å². The van der Waals surface area contributed by atoms with Crippen LogP contribution in [0.1, 0.15) is 0 Å². The summed E-state index contributed by atoms with van der Waals surface area (Å²) in [6, 6.07) is 5.13. The Kier molecular flexibility index (Phi) is 3.12. The van der Waals surface area contributed by atoms with E-state index in [1.807, 2.05) is 0 Å². The zero-order valence-electron chi connectivity index (χ0n) is 8.11. The summed E-state index contributed by atoms with van der Waals surface area (Å²) in [5.41, 5.74) is 6.84. The standard InChI is InChI=1S/C10H8Cl2N4/c11-6-1-2-9(7(12)3-6)16-10-8(13)4-14-5-15-10/h1-5H,13H2,(H,14,15,16). The third kappa shape index (κ3) is 2.35. The Morgan fingerprint density at radius 2 is 2.06 bits per heavy atom. The molecule has 0 saturated carbocycles. The van der Waals surface area contributed by atoms with Gasteiger partial charge < -0.3 is 11.1 Å². The first-order chi connectivity index (χ1) is 7.66. The summed E-state index contributed by atoms with van der Waals surface area (Å²) in [7, 11) is 0. The molecule has 82 valence electrons. The molecular formula is C10H8Cl2N4. The van der Waals surface area contributed by atoms with Crippen LogP contribution < -0.4 is 11.1 Å². The molecule has 1 heterocycles. The summed E-state index contributed by atoms with van der Waals surface area (Å²) in [6.07, 6.45) is 2.92. The first-order valence-electron chi connectivity index (χ1n) is 4.44. The van der Waals surface area contributed by atoms with E-state index in [-0.39, 0.29) is 0 Å². The van der Waals surface area contributed by atoms with Gasteiger partial charge in [-0.25, -0.2) is 9.97 Å². The van der Waals surface area contributed by atoms with Gasteiger partial charge in [0.1, 0.15) is 6.33 Å². The van der Waals surface area contributed by atoms with Crippen LogP contribution in [0.3, 0.4) is 0 Å². The number of hydrogen-bond acceptors (Lipinski definition) is 4. The van der Waals surface area contributed by atoms with Crippen molar-refractivity contribution in [2.75, 3.05) is 11.1 Å². The van der Waals surface area contributed by atoms with Gasteiger partial charge in [0, 0.05) is 5.02 Å².